The lowest BCUT2D eigenvalue weighted by atomic mass is 10.1. The van der Waals surface area contributed by atoms with E-state index in [2.05, 4.69) is 10.6 Å². The molecule has 0 heterocycles. The Balaban J connectivity index is 4.75. The second kappa shape index (κ2) is 11.8. The van der Waals surface area contributed by atoms with Crippen molar-refractivity contribution < 1.29 is 44.4 Å². The van der Waals surface area contributed by atoms with Gasteiger partial charge in [0.15, 0.2) is 0 Å². The van der Waals surface area contributed by atoms with E-state index in [4.69, 9.17) is 15.9 Å². The number of amides is 3. The molecule has 9 N–H and O–H groups in total. The number of hydrogen-bond donors (Lipinski definition) is 8. The van der Waals surface area contributed by atoms with Crippen LogP contribution in [0.5, 0.6) is 0 Å². The van der Waals surface area contributed by atoms with Crippen molar-refractivity contribution in [3.63, 3.8) is 0 Å². The quantitative estimate of drug-likeness (QED) is 0.157. The molecule has 0 aliphatic carbocycles. The lowest BCUT2D eigenvalue weighted by Crippen LogP contribution is -2.58. The Kier molecular flexibility index (Phi) is 10.7. The highest BCUT2D eigenvalue weighted by molar-refractivity contribution is 5.93. The maximum absolute atomic E-state index is 12.1. The van der Waals surface area contributed by atoms with Gasteiger partial charge in [-0.2, -0.15) is 0 Å². The van der Waals surface area contributed by atoms with E-state index in [0.717, 1.165) is 0 Å². The molecule has 0 aromatic heterocycles. The van der Waals surface area contributed by atoms with Crippen molar-refractivity contribution in [1.82, 2.24) is 16.0 Å². The number of carboxylic acid groups (broad SMARTS) is 2. The monoisotopic (exact) mass is 406 g/mol. The highest BCUT2D eigenvalue weighted by atomic mass is 16.4. The van der Waals surface area contributed by atoms with Gasteiger partial charge in [-0.05, 0) is 20.3 Å². The first kappa shape index (κ1) is 25.2. The van der Waals surface area contributed by atoms with Crippen molar-refractivity contribution in [3.05, 3.63) is 0 Å². The van der Waals surface area contributed by atoms with E-state index >= 15 is 0 Å². The molecule has 160 valence electrons. The third-order valence-electron chi connectivity index (χ3n) is 3.59. The number of aliphatic carboxylic acids is 2. The Morgan fingerprint density at radius 3 is 1.93 bits per heavy atom. The van der Waals surface area contributed by atoms with Crippen LogP contribution in [0.15, 0.2) is 0 Å². The fraction of sp³-hybridized carbons (Fsp3) is 0.667. The smallest absolute Gasteiger partial charge is 0.326 e. The zero-order chi connectivity index (χ0) is 22.0. The Bertz CT molecular complexity index is 594. The molecule has 0 radical (unpaired) electrons. The standard InChI is InChI=1S/C15H26N4O9/c1-6(20)11(16)13(25)19-12(7(2)21)14(26)17-5-9(22)18-8(15(27)28)3-4-10(23)24/h6-8,11-12,20-21H,3-5,16H2,1-2H3,(H,17,26)(H,18,22)(H,19,25)(H,23,24)(H,27,28). The largest absolute Gasteiger partial charge is 0.481 e. The molecule has 13 heteroatoms. The first-order valence-corrected chi connectivity index (χ1v) is 8.30. The van der Waals surface area contributed by atoms with Crippen LogP contribution in [0.2, 0.25) is 0 Å². The van der Waals surface area contributed by atoms with Crippen LogP contribution >= 0.6 is 0 Å². The third kappa shape index (κ3) is 9.25. The summed E-state index contributed by atoms with van der Waals surface area (Å²) in [5.41, 5.74) is 5.43. The zero-order valence-corrected chi connectivity index (χ0v) is 15.4. The molecule has 0 saturated carbocycles. The molecule has 13 nitrogen and oxygen atoms in total. The maximum atomic E-state index is 12.1. The van der Waals surface area contributed by atoms with E-state index in [1.807, 2.05) is 5.32 Å². The van der Waals surface area contributed by atoms with Gasteiger partial charge >= 0.3 is 11.9 Å². The summed E-state index contributed by atoms with van der Waals surface area (Å²) in [6.45, 7) is 1.78. The number of nitrogens with one attached hydrogen (secondary N) is 3. The van der Waals surface area contributed by atoms with Crippen LogP contribution in [0.3, 0.4) is 0 Å². The summed E-state index contributed by atoms with van der Waals surface area (Å²) in [6, 6.07) is -4.29. The van der Waals surface area contributed by atoms with Crippen molar-refractivity contribution >= 4 is 29.7 Å². The average Bonchev–Trinajstić information content (AvgIpc) is 2.59. The molecular weight excluding hydrogens is 380 g/mol. The summed E-state index contributed by atoms with van der Waals surface area (Å²) in [4.78, 5) is 57.2. The van der Waals surface area contributed by atoms with Gasteiger partial charge in [0.25, 0.3) is 0 Å². The number of nitrogens with two attached hydrogens (primary N) is 1. The van der Waals surface area contributed by atoms with E-state index in [1.165, 1.54) is 13.8 Å². The number of aliphatic hydroxyl groups excluding tert-OH is 2. The molecule has 0 spiro atoms. The molecule has 0 aliphatic rings. The Hall–Kier alpha value is -2.77. The minimum absolute atomic E-state index is 0.353. The second-order valence-electron chi connectivity index (χ2n) is 6.10. The van der Waals surface area contributed by atoms with Gasteiger partial charge in [0.1, 0.15) is 18.1 Å². The normalized spacial score (nSPS) is 16.0. The van der Waals surface area contributed by atoms with E-state index in [-0.39, 0.29) is 6.42 Å². The Morgan fingerprint density at radius 1 is 0.929 bits per heavy atom. The predicted octanol–water partition coefficient (Wildman–Crippen LogP) is -3.89. The molecule has 0 fully saturated rings. The SMILES string of the molecule is CC(O)C(N)C(=O)NC(C(=O)NCC(=O)NC(CCC(=O)O)C(=O)O)C(C)O. The molecule has 3 amide bonds. The van der Waals surface area contributed by atoms with E-state index < -0.39 is 73.0 Å². The molecule has 0 aromatic carbocycles. The van der Waals surface area contributed by atoms with E-state index in [9.17, 15) is 34.2 Å². The lowest BCUT2D eigenvalue weighted by Gasteiger charge is -2.23. The minimum atomic E-state index is -1.48. The van der Waals surface area contributed by atoms with Crippen molar-refractivity contribution in [2.24, 2.45) is 5.73 Å². The highest BCUT2D eigenvalue weighted by Crippen LogP contribution is 1.99. The van der Waals surface area contributed by atoms with Gasteiger partial charge in [-0.3, -0.25) is 19.2 Å². The van der Waals surface area contributed by atoms with Crippen molar-refractivity contribution in [2.45, 2.75) is 57.0 Å². The molecule has 0 aromatic rings. The van der Waals surface area contributed by atoms with Crippen molar-refractivity contribution in [2.75, 3.05) is 6.54 Å². The van der Waals surface area contributed by atoms with Gasteiger partial charge in [0.05, 0.1) is 18.8 Å². The summed E-state index contributed by atoms with van der Waals surface area (Å²) in [5.74, 6) is -5.45. The second-order valence-corrected chi connectivity index (χ2v) is 6.10. The third-order valence-corrected chi connectivity index (χ3v) is 3.59. The summed E-state index contributed by atoms with van der Waals surface area (Å²) in [6.07, 6.45) is -3.41. The van der Waals surface area contributed by atoms with Gasteiger partial charge in [0, 0.05) is 6.42 Å². The first-order valence-electron chi connectivity index (χ1n) is 8.30. The number of aliphatic hydroxyl groups is 2. The van der Waals surface area contributed by atoms with Crippen LogP contribution in [-0.2, 0) is 24.0 Å². The molecule has 5 atom stereocenters. The van der Waals surface area contributed by atoms with Crippen molar-refractivity contribution in [1.29, 1.82) is 0 Å². The van der Waals surface area contributed by atoms with Crippen LogP contribution in [-0.4, -0.2) is 87.0 Å². The fourth-order valence-corrected chi connectivity index (χ4v) is 1.92. The Labute approximate surface area is 160 Å². The average molecular weight is 406 g/mol. The molecule has 0 bridgehead atoms. The van der Waals surface area contributed by atoms with Gasteiger partial charge in [-0.15, -0.1) is 0 Å². The molecule has 0 saturated heterocycles. The fourth-order valence-electron chi connectivity index (χ4n) is 1.92. The van der Waals surface area contributed by atoms with Crippen LogP contribution in [0, 0.1) is 0 Å². The number of carbonyl (C=O) groups is 5. The maximum Gasteiger partial charge on any atom is 0.326 e. The summed E-state index contributed by atoms with van der Waals surface area (Å²) >= 11 is 0. The Morgan fingerprint density at radius 2 is 1.50 bits per heavy atom. The summed E-state index contributed by atoms with van der Waals surface area (Å²) in [5, 5.41) is 42.7. The zero-order valence-electron chi connectivity index (χ0n) is 15.4. The minimum Gasteiger partial charge on any atom is -0.481 e. The molecule has 0 rings (SSSR count). The number of carboxylic acids is 2. The van der Waals surface area contributed by atoms with Crippen LogP contribution in [0.25, 0.3) is 0 Å². The van der Waals surface area contributed by atoms with Gasteiger partial charge in [-0.25, -0.2) is 4.79 Å². The van der Waals surface area contributed by atoms with Crippen LogP contribution in [0.1, 0.15) is 26.7 Å². The summed E-state index contributed by atoms with van der Waals surface area (Å²) in [7, 11) is 0. The van der Waals surface area contributed by atoms with Crippen LogP contribution < -0.4 is 21.7 Å². The molecule has 5 unspecified atom stereocenters. The first-order chi connectivity index (χ1) is 12.9. The summed E-state index contributed by atoms with van der Waals surface area (Å²) < 4.78 is 0. The van der Waals surface area contributed by atoms with Gasteiger partial charge < -0.3 is 42.1 Å². The van der Waals surface area contributed by atoms with E-state index in [1.54, 1.807) is 0 Å². The van der Waals surface area contributed by atoms with Crippen molar-refractivity contribution in [3.8, 4) is 0 Å². The lowest BCUT2D eigenvalue weighted by molar-refractivity contribution is -0.143. The molecule has 28 heavy (non-hydrogen) atoms. The molecular formula is C15H26N4O9. The van der Waals surface area contributed by atoms with Crippen LogP contribution in [0.4, 0.5) is 0 Å². The number of hydrogen-bond acceptors (Lipinski definition) is 8. The number of rotatable bonds is 12. The van der Waals surface area contributed by atoms with Gasteiger partial charge in [0.2, 0.25) is 17.7 Å². The predicted molar refractivity (Wildman–Crippen MR) is 92.7 cm³/mol. The topological polar surface area (TPSA) is 228 Å². The molecule has 0 aliphatic heterocycles. The van der Waals surface area contributed by atoms with Gasteiger partial charge in [-0.1, -0.05) is 0 Å². The number of carbonyl (C=O) groups excluding carboxylic acids is 3. The van der Waals surface area contributed by atoms with E-state index in [0.29, 0.717) is 0 Å². The highest BCUT2D eigenvalue weighted by Gasteiger charge is 2.29.